The molecule has 11 heteroatoms. The van der Waals surface area contributed by atoms with E-state index in [1.165, 1.54) is 18.2 Å². The monoisotopic (exact) mass is 515 g/mol. The first-order chi connectivity index (χ1) is 16.8. The van der Waals surface area contributed by atoms with E-state index in [1.54, 1.807) is 31.2 Å². The van der Waals surface area contributed by atoms with E-state index in [1.807, 2.05) is 0 Å². The van der Waals surface area contributed by atoms with Crippen LogP contribution in [0.5, 0.6) is 0 Å². The Labute approximate surface area is 209 Å². The van der Waals surface area contributed by atoms with E-state index < -0.39 is 17.6 Å². The second kappa shape index (κ2) is 10.3. The predicted octanol–water partition coefficient (Wildman–Crippen LogP) is 5.23. The van der Waals surface area contributed by atoms with Crippen LogP contribution in [0.3, 0.4) is 0 Å². The number of H-pyrrole nitrogens is 1. The number of nitrogens with one attached hydrogen (secondary N) is 4. The number of amides is 2. The van der Waals surface area contributed by atoms with Crippen LogP contribution in [0.15, 0.2) is 48.5 Å². The van der Waals surface area contributed by atoms with Gasteiger partial charge in [0.25, 0.3) is 11.8 Å². The van der Waals surface area contributed by atoms with Crippen LogP contribution in [-0.2, 0) is 0 Å². The van der Waals surface area contributed by atoms with Crippen LogP contribution in [0.25, 0.3) is 11.0 Å². The maximum Gasteiger partial charge on any atom is 0.260 e. The third-order valence-electron chi connectivity index (χ3n) is 5.20. The summed E-state index contributed by atoms with van der Waals surface area (Å²) in [6.07, 6.45) is 0. The summed E-state index contributed by atoms with van der Waals surface area (Å²) in [4.78, 5) is 33.4. The first-order valence-electron chi connectivity index (χ1n) is 10.5. The molecule has 0 saturated heterocycles. The van der Waals surface area contributed by atoms with Gasteiger partial charge in [0, 0.05) is 22.9 Å². The number of halogens is 3. The van der Waals surface area contributed by atoms with Crippen molar-refractivity contribution in [2.24, 2.45) is 0 Å². The highest BCUT2D eigenvalue weighted by Gasteiger charge is 2.20. The molecular formula is C24H20Cl2FN5O3. The van der Waals surface area contributed by atoms with Crippen molar-refractivity contribution in [2.75, 3.05) is 29.1 Å². The molecule has 1 heterocycles. The van der Waals surface area contributed by atoms with Crippen LogP contribution in [0.1, 0.15) is 26.3 Å². The highest BCUT2D eigenvalue weighted by Crippen LogP contribution is 2.28. The van der Waals surface area contributed by atoms with Crippen molar-refractivity contribution >= 4 is 63.4 Å². The molecule has 2 amide bonds. The van der Waals surface area contributed by atoms with Gasteiger partial charge in [-0.3, -0.25) is 9.59 Å². The SMILES string of the molecule is Cc1c(Cl)cccc1NC(=O)c1cc(NC(=O)c2c(F)cccc2Cl)cc2[nH]c(NCCO)nc12. The molecule has 4 rings (SSSR count). The molecule has 0 fully saturated rings. The molecule has 0 aliphatic rings. The van der Waals surface area contributed by atoms with Crippen LogP contribution < -0.4 is 16.0 Å². The number of benzene rings is 3. The van der Waals surface area contributed by atoms with Crippen molar-refractivity contribution in [1.29, 1.82) is 0 Å². The van der Waals surface area contributed by atoms with E-state index >= 15 is 0 Å². The third kappa shape index (κ3) is 5.22. The van der Waals surface area contributed by atoms with Crippen molar-refractivity contribution in [3.8, 4) is 0 Å². The summed E-state index contributed by atoms with van der Waals surface area (Å²) in [5.74, 6) is -1.73. The third-order valence-corrected chi connectivity index (χ3v) is 5.92. The molecule has 0 spiro atoms. The summed E-state index contributed by atoms with van der Waals surface area (Å²) in [7, 11) is 0. The molecule has 180 valence electrons. The van der Waals surface area contributed by atoms with Crippen molar-refractivity contribution in [3.05, 3.63) is 81.1 Å². The van der Waals surface area contributed by atoms with Gasteiger partial charge in [0.05, 0.1) is 28.3 Å². The van der Waals surface area contributed by atoms with E-state index in [0.29, 0.717) is 33.3 Å². The second-order valence-corrected chi connectivity index (χ2v) is 8.39. The fraction of sp³-hybridized carbons (Fsp3) is 0.125. The molecule has 8 nitrogen and oxygen atoms in total. The molecule has 0 aliphatic heterocycles. The van der Waals surface area contributed by atoms with Gasteiger partial charge in [0.15, 0.2) is 0 Å². The van der Waals surface area contributed by atoms with Crippen LogP contribution in [0.2, 0.25) is 10.0 Å². The van der Waals surface area contributed by atoms with Gasteiger partial charge < -0.3 is 26.0 Å². The number of aromatic nitrogens is 2. The lowest BCUT2D eigenvalue weighted by Crippen LogP contribution is -2.17. The minimum absolute atomic E-state index is 0.0463. The molecule has 4 aromatic rings. The largest absolute Gasteiger partial charge is 0.395 e. The number of aromatic amines is 1. The van der Waals surface area contributed by atoms with Gasteiger partial charge in [-0.05, 0) is 48.9 Å². The maximum atomic E-state index is 14.2. The van der Waals surface area contributed by atoms with Crippen molar-refractivity contribution < 1.29 is 19.1 Å². The second-order valence-electron chi connectivity index (χ2n) is 7.57. The van der Waals surface area contributed by atoms with Crippen LogP contribution in [0, 0.1) is 12.7 Å². The van der Waals surface area contributed by atoms with E-state index in [4.69, 9.17) is 28.3 Å². The number of anilines is 3. The number of rotatable bonds is 7. The average Bonchev–Trinajstić information content (AvgIpc) is 3.22. The standard InChI is InChI=1S/C24H20Cl2FN5O3/c1-12-15(25)4-3-7-18(12)30-22(34)14-10-13(11-19-21(14)32-24(31-19)28-8-9-33)29-23(35)20-16(26)5-2-6-17(20)27/h2-7,10-11,33H,8-9H2,1H3,(H,29,35)(H,30,34)(H2,28,31,32). The van der Waals surface area contributed by atoms with Gasteiger partial charge >= 0.3 is 0 Å². The van der Waals surface area contributed by atoms with Crippen molar-refractivity contribution in [2.45, 2.75) is 6.92 Å². The number of fused-ring (bicyclic) bond motifs is 1. The molecule has 0 radical (unpaired) electrons. The Morgan fingerprint density at radius 2 is 1.80 bits per heavy atom. The van der Waals surface area contributed by atoms with Gasteiger partial charge in [-0.2, -0.15) is 0 Å². The van der Waals surface area contributed by atoms with E-state index in [9.17, 15) is 14.0 Å². The van der Waals surface area contributed by atoms with Gasteiger partial charge in [0.2, 0.25) is 5.95 Å². The molecule has 0 aliphatic carbocycles. The Bertz CT molecular complexity index is 1420. The number of imidazole rings is 1. The Morgan fingerprint density at radius 3 is 2.54 bits per heavy atom. The van der Waals surface area contributed by atoms with Gasteiger partial charge in [-0.15, -0.1) is 0 Å². The number of carbonyl (C=O) groups is 2. The maximum absolute atomic E-state index is 14.2. The summed E-state index contributed by atoms with van der Waals surface area (Å²) in [6.45, 7) is 1.88. The first-order valence-corrected chi connectivity index (χ1v) is 11.2. The van der Waals surface area contributed by atoms with Crippen molar-refractivity contribution in [1.82, 2.24) is 9.97 Å². The van der Waals surface area contributed by atoms with Gasteiger partial charge in [-0.25, -0.2) is 9.37 Å². The molecule has 5 N–H and O–H groups in total. The number of hydrogen-bond acceptors (Lipinski definition) is 5. The summed E-state index contributed by atoms with van der Waals surface area (Å²) < 4.78 is 14.2. The Morgan fingerprint density at radius 1 is 1.06 bits per heavy atom. The molecule has 3 aromatic carbocycles. The zero-order chi connectivity index (χ0) is 25.1. The molecule has 0 bridgehead atoms. The summed E-state index contributed by atoms with van der Waals surface area (Å²) in [5, 5.41) is 17.8. The van der Waals surface area contributed by atoms with Gasteiger partial charge in [0.1, 0.15) is 11.3 Å². The lowest BCUT2D eigenvalue weighted by Gasteiger charge is -2.12. The Balaban J connectivity index is 1.74. The van der Waals surface area contributed by atoms with Gasteiger partial charge in [-0.1, -0.05) is 35.3 Å². The molecule has 0 atom stereocenters. The van der Waals surface area contributed by atoms with E-state index in [2.05, 4.69) is 25.9 Å². The average molecular weight is 516 g/mol. The van der Waals surface area contributed by atoms with Crippen LogP contribution in [0.4, 0.5) is 21.7 Å². The molecular weight excluding hydrogens is 496 g/mol. The highest BCUT2D eigenvalue weighted by molar-refractivity contribution is 6.34. The van der Waals surface area contributed by atoms with E-state index in [-0.39, 0.29) is 35.0 Å². The number of hydrogen-bond donors (Lipinski definition) is 5. The molecule has 0 saturated carbocycles. The molecule has 1 aromatic heterocycles. The smallest absolute Gasteiger partial charge is 0.260 e. The predicted molar refractivity (Wildman–Crippen MR) is 135 cm³/mol. The first kappa shape index (κ1) is 24.5. The molecule has 0 unspecified atom stereocenters. The number of nitrogens with zero attached hydrogens (tertiary/aromatic N) is 1. The number of aliphatic hydroxyl groups excluding tert-OH is 1. The lowest BCUT2D eigenvalue weighted by atomic mass is 10.1. The molecule has 35 heavy (non-hydrogen) atoms. The van der Waals surface area contributed by atoms with Crippen LogP contribution in [-0.4, -0.2) is 40.0 Å². The number of aliphatic hydroxyl groups is 1. The fourth-order valence-electron chi connectivity index (χ4n) is 3.46. The van der Waals surface area contributed by atoms with Crippen molar-refractivity contribution in [3.63, 3.8) is 0 Å². The lowest BCUT2D eigenvalue weighted by molar-refractivity contribution is 0.101. The fourth-order valence-corrected chi connectivity index (χ4v) is 3.89. The summed E-state index contributed by atoms with van der Waals surface area (Å²) >= 11 is 12.2. The Kier molecular flexibility index (Phi) is 7.20. The zero-order valence-electron chi connectivity index (χ0n) is 18.4. The van der Waals surface area contributed by atoms with Crippen LogP contribution >= 0.6 is 23.2 Å². The minimum atomic E-state index is -0.775. The minimum Gasteiger partial charge on any atom is -0.395 e. The normalized spacial score (nSPS) is 10.9. The summed E-state index contributed by atoms with van der Waals surface area (Å²) in [5.41, 5.74) is 1.99. The topological polar surface area (TPSA) is 119 Å². The quantitative estimate of drug-likeness (QED) is 0.231. The Hall–Kier alpha value is -3.66. The summed E-state index contributed by atoms with van der Waals surface area (Å²) in [6, 6.07) is 12.0. The number of carbonyl (C=O) groups excluding carboxylic acids is 2. The van der Waals surface area contributed by atoms with E-state index in [0.717, 1.165) is 6.07 Å². The highest BCUT2D eigenvalue weighted by atomic mass is 35.5. The zero-order valence-corrected chi connectivity index (χ0v) is 19.9.